The molecule has 0 amide bonds. The Bertz CT molecular complexity index is 463. The quantitative estimate of drug-likeness (QED) is 0.651. The second-order valence-corrected chi connectivity index (χ2v) is 4.96. The zero-order valence-corrected chi connectivity index (χ0v) is 11.2. The summed E-state index contributed by atoms with van der Waals surface area (Å²) in [5.74, 6) is 5.35. The lowest BCUT2D eigenvalue weighted by molar-refractivity contribution is 0.522. The molecule has 100 valence electrons. The van der Waals surface area contributed by atoms with Gasteiger partial charge in [-0.3, -0.25) is 11.3 Å². The van der Waals surface area contributed by atoms with Gasteiger partial charge in [0.1, 0.15) is 5.82 Å². The number of hydrogen-bond acceptors (Lipinski definition) is 2. The van der Waals surface area contributed by atoms with Crippen LogP contribution in [-0.4, -0.2) is 6.04 Å². The first-order valence-electron chi connectivity index (χ1n) is 6.12. The van der Waals surface area contributed by atoms with Crippen molar-refractivity contribution in [2.45, 2.75) is 18.9 Å². The lowest BCUT2D eigenvalue weighted by Crippen LogP contribution is -2.38. The molecule has 0 aromatic heterocycles. The summed E-state index contributed by atoms with van der Waals surface area (Å²) in [6.07, 6.45) is 1.55. The van der Waals surface area contributed by atoms with E-state index in [0.717, 1.165) is 29.0 Å². The summed E-state index contributed by atoms with van der Waals surface area (Å²) >= 11 is 5.85. The highest BCUT2D eigenvalue weighted by atomic mass is 35.5. The van der Waals surface area contributed by atoms with Crippen molar-refractivity contribution < 1.29 is 4.39 Å². The first-order valence-corrected chi connectivity index (χ1v) is 6.50. The van der Waals surface area contributed by atoms with Crippen molar-refractivity contribution in [2.75, 3.05) is 0 Å². The number of rotatable bonds is 5. The van der Waals surface area contributed by atoms with Gasteiger partial charge in [0, 0.05) is 11.1 Å². The summed E-state index contributed by atoms with van der Waals surface area (Å²) in [5.41, 5.74) is 5.02. The molecule has 0 saturated carbocycles. The van der Waals surface area contributed by atoms with Gasteiger partial charge in [0.25, 0.3) is 0 Å². The minimum atomic E-state index is -0.223. The Kier molecular flexibility index (Phi) is 4.91. The highest BCUT2D eigenvalue weighted by Gasteiger charge is 2.09. The van der Waals surface area contributed by atoms with Crippen molar-refractivity contribution in [1.29, 1.82) is 0 Å². The van der Waals surface area contributed by atoms with Crippen molar-refractivity contribution in [3.05, 3.63) is 70.5 Å². The van der Waals surface area contributed by atoms with Crippen LogP contribution in [0.25, 0.3) is 0 Å². The maximum atomic E-state index is 12.8. The topological polar surface area (TPSA) is 38.0 Å². The van der Waals surface area contributed by atoms with Crippen molar-refractivity contribution in [2.24, 2.45) is 5.84 Å². The third-order valence-electron chi connectivity index (χ3n) is 3.03. The van der Waals surface area contributed by atoms with Gasteiger partial charge in [-0.25, -0.2) is 4.39 Å². The first kappa shape index (κ1) is 14.0. The Hall–Kier alpha value is -1.42. The van der Waals surface area contributed by atoms with Crippen LogP contribution in [0.3, 0.4) is 0 Å². The maximum absolute atomic E-state index is 12.8. The van der Waals surface area contributed by atoms with Crippen LogP contribution < -0.4 is 11.3 Å². The molecule has 1 unspecified atom stereocenters. The zero-order chi connectivity index (χ0) is 13.7. The molecule has 2 aromatic carbocycles. The summed E-state index contributed by atoms with van der Waals surface area (Å²) in [6, 6.07) is 14.3. The lowest BCUT2D eigenvalue weighted by atomic mass is 9.99. The largest absolute Gasteiger partial charge is 0.271 e. The van der Waals surface area contributed by atoms with Crippen molar-refractivity contribution in [3.8, 4) is 0 Å². The van der Waals surface area contributed by atoms with E-state index in [9.17, 15) is 4.39 Å². The third kappa shape index (κ3) is 4.31. The number of benzene rings is 2. The molecule has 0 bridgehead atoms. The van der Waals surface area contributed by atoms with E-state index in [1.165, 1.54) is 12.1 Å². The average molecular weight is 279 g/mol. The SMILES string of the molecule is NNC(Cc1ccc(F)cc1)Cc1ccc(Cl)cc1. The molecule has 2 rings (SSSR count). The highest BCUT2D eigenvalue weighted by molar-refractivity contribution is 6.30. The predicted molar refractivity (Wildman–Crippen MR) is 76.4 cm³/mol. The fourth-order valence-electron chi connectivity index (χ4n) is 2.00. The van der Waals surface area contributed by atoms with E-state index in [0.29, 0.717) is 0 Å². The van der Waals surface area contributed by atoms with Crippen LogP contribution in [0.1, 0.15) is 11.1 Å². The monoisotopic (exact) mass is 278 g/mol. The Balaban J connectivity index is 2.00. The van der Waals surface area contributed by atoms with Gasteiger partial charge in [0.05, 0.1) is 0 Å². The van der Waals surface area contributed by atoms with Gasteiger partial charge >= 0.3 is 0 Å². The first-order chi connectivity index (χ1) is 9.17. The summed E-state index contributed by atoms with van der Waals surface area (Å²) < 4.78 is 12.8. The second-order valence-electron chi connectivity index (χ2n) is 4.52. The highest BCUT2D eigenvalue weighted by Crippen LogP contribution is 2.13. The fraction of sp³-hybridized carbons (Fsp3) is 0.200. The molecule has 0 fully saturated rings. The molecule has 0 heterocycles. The van der Waals surface area contributed by atoms with Crippen molar-refractivity contribution >= 4 is 11.6 Å². The molecular formula is C15H16ClFN2. The van der Waals surface area contributed by atoms with E-state index in [4.69, 9.17) is 17.4 Å². The summed E-state index contributed by atoms with van der Waals surface area (Å²) in [5, 5.41) is 0.722. The molecule has 4 heteroatoms. The molecule has 0 spiro atoms. The van der Waals surface area contributed by atoms with E-state index in [1.54, 1.807) is 12.1 Å². The Morgan fingerprint density at radius 2 is 1.42 bits per heavy atom. The Labute approximate surface area is 117 Å². The molecule has 3 N–H and O–H groups in total. The van der Waals surface area contributed by atoms with Crippen LogP contribution in [0.2, 0.25) is 5.02 Å². The van der Waals surface area contributed by atoms with Crippen molar-refractivity contribution in [1.82, 2.24) is 5.43 Å². The average Bonchev–Trinajstić information content (AvgIpc) is 2.43. The molecule has 2 nitrogen and oxygen atoms in total. The van der Waals surface area contributed by atoms with E-state index in [-0.39, 0.29) is 11.9 Å². The van der Waals surface area contributed by atoms with Crippen molar-refractivity contribution in [3.63, 3.8) is 0 Å². The second kappa shape index (κ2) is 6.66. The standard InChI is InChI=1S/C15H16ClFN2/c16-13-5-1-11(2-6-13)9-15(19-18)10-12-3-7-14(17)8-4-12/h1-8,15,19H,9-10,18H2. The van der Waals surface area contributed by atoms with Crippen LogP contribution in [0.4, 0.5) is 4.39 Å². The van der Waals surface area contributed by atoms with Gasteiger partial charge in [-0.05, 0) is 48.2 Å². The normalized spacial score (nSPS) is 12.4. The van der Waals surface area contributed by atoms with E-state index >= 15 is 0 Å². The summed E-state index contributed by atoms with van der Waals surface area (Å²) in [7, 11) is 0. The van der Waals surface area contributed by atoms with Crippen LogP contribution in [0.15, 0.2) is 48.5 Å². The molecule has 0 aliphatic rings. The van der Waals surface area contributed by atoms with Crippen LogP contribution in [0.5, 0.6) is 0 Å². The molecular weight excluding hydrogens is 263 g/mol. The molecule has 0 aliphatic heterocycles. The molecule has 0 saturated heterocycles. The zero-order valence-electron chi connectivity index (χ0n) is 10.4. The Morgan fingerprint density at radius 1 is 0.947 bits per heavy atom. The predicted octanol–water partition coefficient (Wildman–Crippen LogP) is 3.10. The van der Waals surface area contributed by atoms with Gasteiger partial charge in [-0.15, -0.1) is 0 Å². The molecule has 2 aromatic rings. The number of halogens is 2. The minimum Gasteiger partial charge on any atom is -0.271 e. The van der Waals surface area contributed by atoms with Gasteiger partial charge in [-0.1, -0.05) is 35.9 Å². The van der Waals surface area contributed by atoms with Gasteiger partial charge < -0.3 is 0 Å². The van der Waals surface area contributed by atoms with E-state index < -0.39 is 0 Å². The van der Waals surface area contributed by atoms with Gasteiger partial charge in [0.2, 0.25) is 0 Å². The van der Waals surface area contributed by atoms with Crippen LogP contribution in [0, 0.1) is 5.82 Å². The molecule has 1 atom stereocenters. The van der Waals surface area contributed by atoms with Gasteiger partial charge in [0.15, 0.2) is 0 Å². The number of nitrogens with two attached hydrogens (primary N) is 1. The summed E-state index contributed by atoms with van der Waals surface area (Å²) in [4.78, 5) is 0. The van der Waals surface area contributed by atoms with E-state index in [2.05, 4.69) is 5.43 Å². The number of nitrogens with one attached hydrogen (secondary N) is 1. The number of hydrogen-bond donors (Lipinski definition) is 2. The van der Waals surface area contributed by atoms with Gasteiger partial charge in [-0.2, -0.15) is 0 Å². The minimum absolute atomic E-state index is 0.103. The number of hydrazine groups is 1. The molecule has 0 aliphatic carbocycles. The van der Waals surface area contributed by atoms with E-state index in [1.807, 2.05) is 24.3 Å². The van der Waals surface area contributed by atoms with Crippen LogP contribution in [-0.2, 0) is 12.8 Å². The maximum Gasteiger partial charge on any atom is 0.123 e. The third-order valence-corrected chi connectivity index (χ3v) is 3.28. The fourth-order valence-corrected chi connectivity index (χ4v) is 2.13. The molecule has 0 radical (unpaired) electrons. The smallest absolute Gasteiger partial charge is 0.123 e. The van der Waals surface area contributed by atoms with Crippen LogP contribution >= 0.6 is 11.6 Å². The Morgan fingerprint density at radius 3 is 1.89 bits per heavy atom. The molecule has 19 heavy (non-hydrogen) atoms. The summed E-state index contributed by atoms with van der Waals surface area (Å²) in [6.45, 7) is 0. The lowest BCUT2D eigenvalue weighted by Gasteiger charge is -2.16.